The molecule has 1 aromatic heterocycles. The number of aliphatic hydroxyl groups excluding tert-OH is 2. The van der Waals surface area contributed by atoms with Crippen molar-refractivity contribution in [3.8, 4) is 0 Å². The molecule has 1 aromatic carbocycles. The van der Waals surface area contributed by atoms with Crippen molar-refractivity contribution in [3.05, 3.63) is 36.0 Å². The number of aromatic nitrogens is 1. The standard InChI is InChI=1S/C22H31N5O7/c1-11(2)18(22(33)34)27-20(31)16(7-12-8-24-15-6-4-3-5-13(12)15)25-21(32)17(10-29)26-19(30)14(23)9-28/h3-6,8,11,14,16-18,24,28-29H,7,9-10,23H2,1-2H3,(H,25,32)(H,26,30)(H,27,31)(H,33,34). The highest BCUT2D eigenvalue weighted by Crippen LogP contribution is 2.19. The van der Waals surface area contributed by atoms with Crippen LogP contribution in [0.3, 0.4) is 0 Å². The SMILES string of the molecule is CC(C)C(NC(=O)C(Cc1c[nH]c2ccccc12)NC(=O)C(CO)NC(=O)C(N)CO)C(=O)O. The molecule has 186 valence electrons. The predicted octanol–water partition coefficient (Wildman–Crippen LogP) is -1.78. The second-order valence-electron chi connectivity index (χ2n) is 8.23. The number of aliphatic carboxylic acids is 1. The summed E-state index contributed by atoms with van der Waals surface area (Å²) < 4.78 is 0. The van der Waals surface area contributed by atoms with E-state index >= 15 is 0 Å². The summed E-state index contributed by atoms with van der Waals surface area (Å²) in [6.07, 6.45) is 1.69. The maximum absolute atomic E-state index is 13.0. The predicted molar refractivity (Wildman–Crippen MR) is 122 cm³/mol. The fourth-order valence-corrected chi connectivity index (χ4v) is 3.33. The Morgan fingerprint density at radius 3 is 2.15 bits per heavy atom. The summed E-state index contributed by atoms with van der Waals surface area (Å²) in [5.74, 6) is -4.12. The molecule has 34 heavy (non-hydrogen) atoms. The van der Waals surface area contributed by atoms with Crippen LogP contribution in [0.1, 0.15) is 19.4 Å². The van der Waals surface area contributed by atoms with E-state index in [0.29, 0.717) is 5.56 Å². The van der Waals surface area contributed by atoms with Crippen molar-refractivity contribution >= 4 is 34.6 Å². The number of amides is 3. The van der Waals surface area contributed by atoms with Gasteiger partial charge in [0.1, 0.15) is 24.2 Å². The molecule has 0 aliphatic rings. The first-order valence-corrected chi connectivity index (χ1v) is 10.7. The Hall–Kier alpha value is -3.48. The molecule has 2 rings (SSSR count). The van der Waals surface area contributed by atoms with E-state index in [-0.39, 0.29) is 6.42 Å². The number of carboxylic acids is 1. The highest BCUT2D eigenvalue weighted by molar-refractivity contribution is 5.95. The summed E-state index contributed by atoms with van der Waals surface area (Å²) in [6.45, 7) is 1.81. The summed E-state index contributed by atoms with van der Waals surface area (Å²) in [5.41, 5.74) is 6.93. The lowest BCUT2D eigenvalue weighted by atomic mass is 10.0. The Labute approximate surface area is 195 Å². The Morgan fingerprint density at radius 1 is 0.941 bits per heavy atom. The van der Waals surface area contributed by atoms with Crippen LogP contribution in [-0.4, -0.2) is 81.4 Å². The van der Waals surface area contributed by atoms with Crippen LogP contribution in [0.15, 0.2) is 30.5 Å². The van der Waals surface area contributed by atoms with Crippen LogP contribution in [0.2, 0.25) is 0 Å². The monoisotopic (exact) mass is 477 g/mol. The lowest BCUT2D eigenvalue weighted by Gasteiger charge is -2.25. The van der Waals surface area contributed by atoms with E-state index in [9.17, 15) is 29.4 Å². The number of benzene rings is 1. The molecule has 0 fully saturated rings. The summed E-state index contributed by atoms with van der Waals surface area (Å²) >= 11 is 0. The van der Waals surface area contributed by atoms with Gasteiger partial charge in [0, 0.05) is 23.5 Å². The van der Waals surface area contributed by atoms with E-state index in [1.54, 1.807) is 20.0 Å². The Balaban J connectivity index is 2.28. The number of rotatable bonds is 12. The average Bonchev–Trinajstić information content (AvgIpc) is 3.21. The Kier molecular flexibility index (Phi) is 9.54. The molecule has 12 nitrogen and oxygen atoms in total. The number of carbonyl (C=O) groups is 4. The van der Waals surface area contributed by atoms with E-state index < -0.39 is 67.0 Å². The highest BCUT2D eigenvalue weighted by Gasteiger charge is 2.31. The van der Waals surface area contributed by atoms with E-state index in [1.165, 1.54) is 0 Å². The zero-order valence-electron chi connectivity index (χ0n) is 18.9. The second kappa shape index (κ2) is 12.1. The van der Waals surface area contributed by atoms with Gasteiger partial charge in [-0.3, -0.25) is 14.4 Å². The van der Waals surface area contributed by atoms with Crippen LogP contribution in [0.4, 0.5) is 0 Å². The highest BCUT2D eigenvalue weighted by atomic mass is 16.4. The number of H-pyrrole nitrogens is 1. The molecule has 9 N–H and O–H groups in total. The zero-order valence-corrected chi connectivity index (χ0v) is 18.9. The van der Waals surface area contributed by atoms with Crippen LogP contribution in [0.5, 0.6) is 0 Å². The van der Waals surface area contributed by atoms with Crippen molar-refractivity contribution < 1.29 is 34.5 Å². The number of fused-ring (bicyclic) bond motifs is 1. The smallest absolute Gasteiger partial charge is 0.326 e. The molecule has 1 heterocycles. The van der Waals surface area contributed by atoms with Crippen molar-refractivity contribution in [1.82, 2.24) is 20.9 Å². The second-order valence-corrected chi connectivity index (χ2v) is 8.23. The van der Waals surface area contributed by atoms with Gasteiger partial charge in [0.05, 0.1) is 13.2 Å². The topological polar surface area (TPSA) is 207 Å². The number of para-hydroxylation sites is 1. The van der Waals surface area contributed by atoms with Crippen LogP contribution in [-0.2, 0) is 25.6 Å². The molecule has 0 aliphatic carbocycles. The first-order valence-electron chi connectivity index (χ1n) is 10.7. The number of nitrogens with one attached hydrogen (secondary N) is 4. The number of carboxylic acid groups (broad SMARTS) is 1. The molecular weight excluding hydrogens is 446 g/mol. The van der Waals surface area contributed by atoms with Gasteiger partial charge in [-0.25, -0.2) is 4.79 Å². The molecule has 0 saturated carbocycles. The molecule has 0 bridgehead atoms. The van der Waals surface area contributed by atoms with Gasteiger partial charge in [-0.2, -0.15) is 0 Å². The van der Waals surface area contributed by atoms with Crippen molar-refractivity contribution in [1.29, 1.82) is 0 Å². The zero-order chi connectivity index (χ0) is 25.4. The maximum atomic E-state index is 13.0. The number of aromatic amines is 1. The molecule has 0 aliphatic heterocycles. The van der Waals surface area contributed by atoms with E-state index in [1.807, 2.05) is 24.3 Å². The molecule has 0 spiro atoms. The fourth-order valence-electron chi connectivity index (χ4n) is 3.33. The summed E-state index contributed by atoms with van der Waals surface area (Å²) in [5, 5.41) is 36.0. The van der Waals surface area contributed by atoms with Crippen molar-refractivity contribution in [3.63, 3.8) is 0 Å². The molecule has 2 aromatic rings. The largest absolute Gasteiger partial charge is 0.480 e. The summed E-state index contributed by atoms with van der Waals surface area (Å²) in [6, 6.07) is 2.18. The third kappa shape index (κ3) is 6.76. The van der Waals surface area contributed by atoms with Crippen molar-refractivity contribution in [2.24, 2.45) is 11.7 Å². The van der Waals surface area contributed by atoms with Crippen LogP contribution >= 0.6 is 0 Å². The van der Waals surface area contributed by atoms with Crippen molar-refractivity contribution in [2.45, 2.75) is 44.4 Å². The third-order valence-corrected chi connectivity index (χ3v) is 5.31. The van der Waals surface area contributed by atoms with E-state index in [0.717, 1.165) is 10.9 Å². The number of hydrogen-bond donors (Lipinski definition) is 8. The number of nitrogens with two attached hydrogens (primary N) is 1. The molecular formula is C22H31N5O7. The number of carbonyl (C=O) groups excluding carboxylic acids is 3. The molecule has 3 amide bonds. The minimum Gasteiger partial charge on any atom is -0.480 e. The van der Waals surface area contributed by atoms with Gasteiger partial charge in [-0.1, -0.05) is 32.0 Å². The lowest BCUT2D eigenvalue weighted by molar-refractivity contribution is -0.143. The van der Waals surface area contributed by atoms with Gasteiger partial charge in [0.25, 0.3) is 0 Å². The summed E-state index contributed by atoms with van der Waals surface area (Å²) in [4.78, 5) is 52.4. The summed E-state index contributed by atoms with van der Waals surface area (Å²) in [7, 11) is 0. The molecule has 0 saturated heterocycles. The first-order chi connectivity index (χ1) is 16.1. The van der Waals surface area contributed by atoms with Gasteiger partial charge in [0.15, 0.2) is 0 Å². The average molecular weight is 478 g/mol. The Bertz CT molecular complexity index is 1020. The van der Waals surface area contributed by atoms with Crippen LogP contribution in [0.25, 0.3) is 10.9 Å². The first kappa shape index (κ1) is 26.8. The van der Waals surface area contributed by atoms with E-state index in [4.69, 9.17) is 10.8 Å². The third-order valence-electron chi connectivity index (χ3n) is 5.31. The quantitative estimate of drug-likeness (QED) is 0.175. The fraction of sp³-hybridized carbons (Fsp3) is 0.455. The normalized spacial score (nSPS) is 14.8. The van der Waals surface area contributed by atoms with Crippen LogP contribution < -0.4 is 21.7 Å². The minimum absolute atomic E-state index is 0.00820. The molecule has 0 radical (unpaired) electrons. The maximum Gasteiger partial charge on any atom is 0.326 e. The molecule has 4 unspecified atom stereocenters. The van der Waals surface area contributed by atoms with E-state index in [2.05, 4.69) is 20.9 Å². The molecule has 4 atom stereocenters. The van der Waals surface area contributed by atoms with Gasteiger partial charge in [-0.15, -0.1) is 0 Å². The van der Waals surface area contributed by atoms with Crippen molar-refractivity contribution in [2.75, 3.05) is 13.2 Å². The molecule has 12 heteroatoms. The van der Waals surface area contributed by atoms with Gasteiger partial charge < -0.3 is 42.0 Å². The lowest BCUT2D eigenvalue weighted by Crippen LogP contribution is -2.59. The number of aliphatic hydroxyl groups is 2. The van der Waals surface area contributed by atoms with Crippen LogP contribution in [0, 0.1) is 5.92 Å². The van der Waals surface area contributed by atoms with Gasteiger partial charge in [-0.05, 0) is 17.5 Å². The van der Waals surface area contributed by atoms with Gasteiger partial charge >= 0.3 is 5.97 Å². The minimum atomic E-state index is -1.44. The number of hydrogen-bond acceptors (Lipinski definition) is 7. The Morgan fingerprint density at radius 2 is 1.56 bits per heavy atom. The van der Waals surface area contributed by atoms with Gasteiger partial charge in [0.2, 0.25) is 17.7 Å².